The molecule has 0 spiro atoms. The highest BCUT2D eigenvalue weighted by Crippen LogP contribution is 2.29. The van der Waals surface area contributed by atoms with Crippen LogP contribution in [0.3, 0.4) is 0 Å². The van der Waals surface area contributed by atoms with Crippen LogP contribution < -0.4 is 0 Å². The second kappa shape index (κ2) is 4.17. The zero-order valence-corrected chi connectivity index (χ0v) is 10.8. The van der Waals surface area contributed by atoms with Gasteiger partial charge >= 0.3 is 0 Å². The lowest BCUT2D eigenvalue weighted by Crippen LogP contribution is -2.30. The summed E-state index contributed by atoms with van der Waals surface area (Å²) >= 11 is 3.31. The number of amides is 1. The Hall–Kier alpha value is -0.900. The first kappa shape index (κ1) is 11.6. The topological polar surface area (TPSA) is 20.3 Å². The summed E-state index contributed by atoms with van der Waals surface area (Å²) in [6, 6.07) is 3.24. The van der Waals surface area contributed by atoms with Crippen molar-refractivity contribution in [2.24, 2.45) is 0 Å². The summed E-state index contributed by atoms with van der Waals surface area (Å²) in [6.07, 6.45) is 2.05. The summed E-state index contributed by atoms with van der Waals surface area (Å²) in [5, 5.41) is 0. The standard InChI is InChI=1S/C12H13BrFNO/c1-7-9(13)5-6-10(14)11(7)12(16)15(2)8-3-4-8/h5-6,8H,3-4H2,1-2H3. The Morgan fingerprint density at radius 3 is 2.69 bits per heavy atom. The van der Waals surface area contributed by atoms with Crippen molar-refractivity contribution in [3.63, 3.8) is 0 Å². The van der Waals surface area contributed by atoms with Gasteiger partial charge in [0.25, 0.3) is 5.91 Å². The molecule has 0 atom stereocenters. The van der Waals surface area contributed by atoms with Crippen LogP contribution in [-0.2, 0) is 0 Å². The van der Waals surface area contributed by atoms with E-state index in [1.807, 2.05) is 0 Å². The Balaban J connectivity index is 2.38. The van der Waals surface area contributed by atoms with Crippen LogP contribution >= 0.6 is 15.9 Å². The van der Waals surface area contributed by atoms with E-state index in [2.05, 4.69) is 15.9 Å². The van der Waals surface area contributed by atoms with Crippen molar-refractivity contribution in [3.05, 3.63) is 33.5 Å². The first-order valence-electron chi connectivity index (χ1n) is 5.24. The molecule has 0 aromatic heterocycles. The average Bonchev–Trinajstić information content (AvgIpc) is 3.06. The average molecular weight is 286 g/mol. The van der Waals surface area contributed by atoms with Crippen LogP contribution in [0.4, 0.5) is 4.39 Å². The number of hydrogen-bond donors (Lipinski definition) is 0. The van der Waals surface area contributed by atoms with Crippen molar-refractivity contribution >= 4 is 21.8 Å². The fourth-order valence-electron chi connectivity index (χ4n) is 1.72. The molecule has 0 bridgehead atoms. The van der Waals surface area contributed by atoms with E-state index in [9.17, 15) is 9.18 Å². The first-order valence-corrected chi connectivity index (χ1v) is 6.03. The predicted molar refractivity (Wildman–Crippen MR) is 64.0 cm³/mol. The third-order valence-corrected chi connectivity index (χ3v) is 3.84. The Kier molecular flexibility index (Phi) is 3.02. The molecule has 0 N–H and O–H groups in total. The monoisotopic (exact) mass is 285 g/mol. The maximum atomic E-state index is 13.7. The molecule has 4 heteroatoms. The van der Waals surface area contributed by atoms with Crippen molar-refractivity contribution in [1.29, 1.82) is 0 Å². The number of benzene rings is 1. The van der Waals surface area contributed by atoms with E-state index in [-0.39, 0.29) is 11.5 Å². The predicted octanol–water partition coefficient (Wildman–Crippen LogP) is 3.13. The van der Waals surface area contributed by atoms with Crippen LogP contribution in [0.2, 0.25) is 0 Å². The fourth-order valence-corrected chi connectivity index (χ4v) is 2.05. The second-order valence-electron chi connectivity index (χ2n) is 4.18. The Morgan fingerprint density at radius 1 is 1.50 bits per heavy atom. The number of nitrogens with zero attached hydrogens (tertiary/aromatic N) is 1. The molecular formula is C12H13BrFNO. The fraction of sp³-hybridized carbons (Fsp3) is 0.417. The summed E-state index contributed by atoms with van der Waals surface area (Å²) in [5.74, 6) is -0.669. The zero-order valence-electron chi connectivity index (χ0n) is 9.26. The minimum absolute atomic E-state index is 0.184. The molecule has 0 unspecified atom stereocenters. The minimum Gasteiger partial charge on any atom is -0.339 e. The van der Waals surface area contributed by atoms with E-state index >= 15 is 0 Å². The van der Waals surface area contributed by atoms with Gasteiger partial charge in [-0.15, -0.1) is 0 Å². The van der Waals surface area contributed by atoms with Crippen molar-refractivity contribution < 1.29 is 9.18 Å². The molecule has 1 fully saturated rings. The molecule has 1 aliphatic rings. The van der Waals surface area contributed by atoms with Gasteiger partial charge in [-0.2, -0.15) is 0 Å². The van der Waals surface area contributed by atoms with Crippen molar-refractivity contribution in [3.8, 4) is 0 Å². The summed E-state index contributed by atoms with van der Waals surface area (Å²) in [6.45, 7) is 1.75. The molecule has 1 aliphatic carbocycles. The molecule has 86 valence electrons. The maximum absolute atomic E-state index is 13.7. The Bertz CT molecular complexity index is 443. The van der Waals surface area contributed by atoms with Crippen molar-refractivity contribution in [2.45, 2.75) is 25.8 Å². The van der Waals surface area contributed by atoms with Crippen LogP contribution in [0.1, 0.15) is 28.8 Å². The SMILES string of the molecule is Cc1c(Br)ccc(F)c1C(=O)N(C)C1CC1. The molecule has 1 saturated carbocycles. The molecule has 1 aromatic carbocycles. The maximum Gasteiger partial charge on any atom is 0.257 e. The van der Waals surface area contributed by atoms with Gasteiger partial charge in [0, 0.05) is 17.6 Å². The van der Waals surface area contributed by atoms with Gasteiger partial charge in [0.05, 0.1) is 5.56 Å². The molecule has 0 aliphatic heterocycles. The number of hydrogen-bond acceptors (Lipinski definition) is 1. The van der Waals surface area contributed by atoms with Crippen LogP contribution in [0, 0.1) is 12.7 Å². The van der Waals surface area contributed by atoms with E-state index < -0.39 is 5.82 Å². The van der Waals surface area contributed by atoms with Crippen molar-refractivity contribution in [1.82, 2.24) is 4.90 Å². The van der Waals surface area contributed by atoms with Gasteiger partial charge in [0.15, 0.2) is 0 Å². The van der Waals surface area contributed by atoms with Gasteiger partial charge in [0.2, 0.25) is 0 Å². The molecule has 2 rings (SSSR count). The lowest BCUT2D eigenvalue weighted by atomic mass is 10.1. The smallest absolute Gasteiger partial charge is 0.257 e. The molecule has 0 radical (unpaired) electrons. The summed E-state index contributed by atoms with van der Waals surface area (Å²) in [7, 11) is 1.74. The number of rotatable bonds is 2. The van der Waals surface area contributed by atoms with Gasteiger partial charge in [0.1, 0.15) is 5.82 Å². The van der Waals surface area contributed by atoms with Gasteiger partial charge in [-0.1, -0.05) is 15.9 Å². The largest absolute Gasteiger partial charge is 0.339 e. The lowest BCUT2D eigenvalue weighted by molar-refractivity contribution is 0.0779. The third-order valence-electron chi connectivity index (χ3n) is 2.98. The van der Waals surface area contributed by atoms with Crippen molar-refractivity contribution in [2.75, 3.05) is 7.05 Å². The normalized spacial score (nSPS) is 15.0. The minimum atomic E-state index is -0.446. The molecule has 0 heterocycles. The lowest BCUT2D eigenvalue weighted by Gasteiger charge is -2.18. The number of halogens is 2. The molecule has 16 heavy (non-hydrogen) atoms. The van der Waals surface area contributed by atoms with E-state index in [4.69, 9.17) is 0 Å². The highest BCUT2D eigenvalue weighted by Gasteiger charge is 2.32. The number of carbonyl (C=O) groups excluding carboxylic acids is 1. The summed E-state index contributed by atoms with van der Waals surface area (Å²) in [4.78, 5) is 13.7. The molecule has 0 saturated heterocycles. The van der Waals surface area contributed by atoms with Gasteiger partial charge in [-0.25, -0.2) is 4.39 Å². The zero-order chi connectivity index (χ0) is 11.9. The third kappa shape index (κ3) is 1.98. The van der Waals surface area contributed by atoms with Crippen LogP contribution in [0.5, 0.6) is 0 Å². The van der Waals surface area contributed by atoms with E-state index in [0.717, 1.165) is 17.3 Å². The Morgan fingerprint density at radius 2 is 2.12 bits per heavy atom. The van der Waals surface area contributed by atoms with Gasteiger partial charge in [-0.3, -0.25) is 4.79 Å². The molecule has 1 aromatic rings. The van der Waals surface area contributed by atoms with Crippen LogP contribution in [-0.4, -0.2) is 23.9 Å². The number of carbonyl (C=O) groups is 1. The molecular weight excluding hydrogens is 273 g/mol. The Labute approximate surface area is 103 Å². The van der Waals surface area contributed by atoms with Gasteiger partial charge in [-0.05, 0) is 37.5 Å². The summed E-state index contributed by atoms with van der Waals surface area (Å²) in [5.41, 5.74) is 0.848. The molecule has 1 amide bonds. The van der Waals surface area contributed by atoms with Crippen LogP contribution in [0.25, 0.3) is 0 Å². The first-order chi connectivity index (χ1) is 7.52. The van der Waals surface area contributed by atoms with Gasteiger partial charge < -0.3 is 4.90 Å². The van der Waals surface area contributed by atoms with E-state index in [1.165, 1.54) is 6.07 Å². The highest BCUT2D eigenvalue weighted by molar-refractivity contribution is 9.10. The molecule has 2 nitrogen and oxygen atoms in total. The van der Waals surface area contributed by atoms with Crippen LogP contribution in [0.15, 0.2) is 16.6 Å². The summed E-state index contributed by atoms with van der Waals surface area (Å²) < 4.78 is 14.4. The van der Waals surface area contributed by atoms with E-state index in [1.54, 1.807) is 24.9 Å². The van der Waals surface area contributed by atoms with E-state index in [0.29, 0.717) is 11.6 Å². The second-order valence-corrected chi connectivity index (χ2v) is 5.03. The quantitative estimate of drug-likeness (QED) is 0.818. The highest BCUT2D eigenvalue weighted by atomic mass is 79.9.